The van der Waals surface area contributed by atoms with Gasteiger partial charge in [-0.25, -0.2) is 8.78 Å². The van der Waals surface area contributed by atoms with Gasteiger partial charge in [-0.3, -0.25) is 9.48 Å². The zero-order valence-electron chi connectivity index (χ0n) is 13.8. The first-order chi connectivity index (χ1) is 11.3. The van der Waals surface area contributed by atoms with Crippen molar-refractivity contribution in [1.29, 1.82) is 0 Å². The molecule has 2 aromatic rings. The first-order valence-corrected chi connectivity index (χ1v) is 8.49. The maximum absolute atomic E-state index is 12.9. The van der Waals surface area contributed by atoms with Crippen molar-refractivity contribution < 1.29 is 13.6 Å². The van der Waals surface area contributed by atoms with Gasteiger partial charge in [-0.1, -0.05) is 36.8 Å². The minimum absolute atomic E-state index is 0.0977. The number of nitrogens with one attached hydrogen (secondary N) is 1. The zero-order valence-corrected chi connectivity index (χ0v) is 15.4. The average molecular weight is 400 g/mol. The first kappa shape index (κ1) is 18.6. The summed E-state index contributed by atoms with van der Waals surface area (Å²) < 4.78 is 27.3. The van der Waals surface area contributed by atoms with Gasteiger partial charge < -0.3 is 5.32 Å². The van der Waals surface area contributed by atoms with E-state index in [0.717, 1.165) is 17.5 Å². The van der Waals surface area contributed by atoms with Crippen LogP contribution in [0.3, 0.4) is 0 Å². The van der Waals surface area contributed by atoms with E-state index in [9.17, 15) is 13.6 Å². The summed E-state index contributed by atoms with van der Waals surface area (Å²) in [4.78, 5) is 12.3. The molecule has 0 spiro atoms. The molecule has 0 saturated heterocycles. The van der Waals surface area contributed by atoms with Gasteiger partial charge in [-0.15, -0.1) is 0 Å². The number of rotatable bonds is 6. The maximum atomic E-state index is 12.9. The van der Waals surface area contributed by atoms with Gasteiger partial charge in [0, 0.05) is 0 Å². The quantitative estimate of drug-likeness (QED) is 0.778. The highest BCUT2D eigenvalue weighted by molar-refractivity contribution is 9.10. The average Bonchev–Trinajstić information content (AvgIpc) is 2.82. The van der Waals surface area contributed by atoms with E-state index in [1.807, 2.05) is 38.1 Å². The summed E-state index contributed by atoms with van der Waals surface area (Å²) in [6.07, 6.45) is -1.95. The number of benzene rings is 1. The van der Waals surface area contributed by atoms with Crippen LogP contribution < -0.4 is 5.32 Å². The van der Waals surface area contributed by atoms with E-state index in [-0.39, 0.29) is 28.7 Å². The lowest BCUT2D eigenvalue weighted by molar-refractivity contribution is -0.122. The van der Waals surface area contributed by atoms with Gasteiger partial charge in [-0.05, 0) is 41.8 Å². The number of carbonyl (C=O) groups excluding carboxylic acids is 1. The minimum Gasteiger partial charge on any atom is -0.348 e. The van der Waals surface area contributed by atoms with E-state index in [1.54, 1.807) is 6.92 Å². The molecule has 1 aromatic carbocycles. The fourth-order valence-corrected chi connectivity index (χ4v) is 2.89. The molecule has 1 unspecified atom stereocenters. The van der Waals surface area contributed by atoms with E-state index in [0.29, 0.717) is 5.69 Å². The van der Waals surface area contributed by atoms with Crippen molar-refractivity contribution in [3.63, 3.8) is 0 Å². The largest absolute Gasteiger partial charge is 0.348 e. The van der Waals surface area contributed by atoms with Crippen LogP contribution >= 0.6 is 15.9 Å². The van der Waals surface area contributed by atoms with E-state index < -0.39 is 6.43 Å². The summed E-state index contributed by atoms with van der Waals surface area (Å²) in [7, 11) is 0. The highest BCUT2D eigenvalue weighted by atomic mass is 79.9. The number of hydrogen-bond donors (Lipinski definition) is 1. The summed E-state index contributed by atoms with van der Waals surface area (Å²) >= 11 is 3.10. The molecule has 4 nitrogen and oxygen atoms in total. The Morgan fingerprint density at radius 2 is 1.92 bits per heavy atom. The SMILES string of the molecule is CCC(NC(=O)Cn1nc(C(F)F)c(Br)c1C)c1ccc(C)cc1. The second-order valence-electron chi connectivity index (χ2n) is 5.68. The lowest BCUT2D eigenvalue weighted by Gasteiger charge is -2.18. The van der Waals surface area contributed by atoms with Crippen molar-refractivity contribution in [1.82, 2.24) is 15.1 Å². The van der Waals surface area contributed by atoms with Crippen LogP contribution in [-0.2, 0) is 11.3 Å². The van der Waals surface area contributed by atoms with Gasteiger partial charge in [0.1, 0.15) is 12.2 Å². The second-order valence-corrected chi connectivity index (χ2v) is 6.48. The Balaban J connectivity index is 2.09. The molecule has 1 aromatic heterocycles. The molecule has 0 bridgehead atoms. The molecule has 0 saturated carbocycles. The Morgan fingerprint density at radius 1 is 1.29 bits per heavy atom. The van der Waals surface area contributed by atoms with Crippen molar-refractivity contribution >= 4 is 21.8 Å². The highest BCUT2D eigenvalue weighted by Crippen LogP contribution is 2.29. The third kappa shape index (κ3) is 4.20. The van der Waals surface area contributed by atoms with Crippen molar-refractivity contribution in [2.45, 2.75) is 46.2 Å². The van der Waals surface area contributed by atoms with Gasteiger partial charge in [0.15, 0.2) is 0 Å². The predicted molar refractivity (Wildman–Crippen MR) is 92.0 cm³/mol. The number of aromatic nitrogens is 2. The van der Waals surface area contributed by atoms with Crippen LogP contribution in [0.2, 0.25) is 0 Å². The molecule has 0 fully saturated rings. The predicted octanol–water partition coefficient (Wildman–Crippen LogP) is 4.47. The molecule has 0 aliphatic heterocycles. The summed E-state index contributed by atoms with van der Waals surface area (Å²) in [6.45, 7) is 5.53. The van der Waals surface area contributed by atoms with Crippen LogP contribution in [-0.4, -0.2) is 15.7 Å². The number of alkyl halides is 2. The number of halogens is 3. The Kier molecular flexibility index (Phi) is 6.10. The van der Waals surface area contributed by atoms with Crippen molar-refractivity contribution in [3.8, 4) is 0 Å². The Hall–Kier alpha value is -1.76. The number of nitrogens with zero attached hydrogens (tertiary/aromatic N) is 2. The van der Waals surface area contributed by atoms with Gasteiger partial charge in [0.25, 0.3) is 6.43 Å². The van der Waals surface area contributed by atoms with Crippen LogP contribution in [0.5, 0.6) is 0 Å². The molecule has 0 aliphatic rings. The standard InChI is InChI=1S/C17H20BrF2N3O/c1-4-13(12-7-5-10(2)6-8-12)21-14(24)9-23-11(3)15(18)16(22-23)17(19)20/h5-8,13,17H,4,9H2,1-3H3,(H,21,24). The van der Waals surface area contributed by atoms with E-state index >= 15 is 0 Å². The zero-order chi connectivity index (χ0) is 17.9. The molecule has 1 heterocycles. The summed E-state index contributed by atoms with van der Waals surface area (Å²) in [6, 6.07) is 7.83. The molecule has 1 amide bonds. The Morgan fingerprint density at radius 3 is 2.42 bits per heavy atom. The Labute approximate surface area is 148 Å². The van der Waals surface area contributed by atoms with Crippen molar-refractivity contribution in [2.24, 2.45) is 0 Å². The van der Waals surface area contributed by atoms with Crippen LogP contribution in [0.15, 0.2) is 28.7 Å². The monoisotopic (exact) mass is 399 g/mol. The first-order valence-electron chi connectivity index (χ1n) is 7.70. The molecule has 2 rings (SSSR count). The fraction of sp³-hybridized carbons (Fsp3) is 0.412. The lowest BCUT2D eigenvalue weighted by Crippen LogP contribution is -2.31. The molecule has 0 aliphatic carbocycles. The summed E-state index contributed by atoms with van der Waals surface area (Å²) in [5, 5.41) is 6.76. The van der Waals surface area contributed by atoms with Crippen LogP contribution in [0.4, 0.5) is 8.78 Å². The molecule has 130 valence electrons. The van der Waals surface area contributed by atoms with Gasteiger partial charge in [0.05, 0.1) is 16.2 Å². The number of amides is 1. The van der Waals surface area contributed by atoms with E-state index in [4.69, 9.17) is 0 Å². The minimum atomic E-state index is -2.68. The van der Waals surface area contributed by atoms with Crippen molar-refractivity contribution in [2.75, 3.05) is 0 Å². The smallest absolute Gasteiger partial charge is 0.283 e. The molecule has 1 N–H and O–H groups in total. The highest BCUT2D eigenvalue weighted by Gasteiger charge is 2.22. The summed E-state index contributed by atoms with van der Waals surface area (Å²) in [5.41, 5.74) is 2.33. The van der Waals surface area contributed by atoms with E-state index in [2.05, 4.69) is 26.3 Å². The van der Waals surface area contributed by atoms with E-state index in [1.165, 1.54) is 4.68 Å². The third-order valence-electron chi connectivity index (χ3n) is 3.88. The molecule has 7 heteroatoms. The van der Waals surface area contributed by atoms with Crippen LogP contribution in [0.1, 0.15) is 48.3 Å². The number of carbonyl (C=O) groups is 1. The van der Waals surface area contributed by atoms with Gasteiger partial charge in [0.2, 0.25) is 5.91 Å². The number of aryl methyl sites for hydroxylation is 1. The Bertz CT molecular complexity index is 713. The van der Waals surface area contributed by atoms with Crippen molar-refractivity contribution in [3.05, 3.63) is 51.3 Å². The summed E-state index contributed by atoms with van der Waals surface area (Å²) in [5.74, 6) is -0.263. The molecule has 1 atom stereocenters. The van der Waals surface area contributed by atoms with Crippen LogP contribution in [0.25, 0.3) is 0 Å². The lowest BCUT2D eigenvalue weighted by atomic mass is 10.0. The number of hydrogen-bond acceptors (Lipinski definition) is 2. The van der Waals surface area contributed by atoms with Gasteiger partial charge in [-0.2, -0.15) is 5.10 Å². The molecule has 0 radical (unpaired) electrons. The normalized spacial score (nSPS) is 12.5. The van der Waals surface area contributed by atoms with Gasteiger partial charge >= 0.3 is 0 Å². The molecule has 24 heavy (non-hydrogen) atoms. The topological polar surface area (TPSA) is 46.9 Å². The second kappa shape index (κ2) is 7.88. The molecular formula is C17H20BrF2N3O. The third-order valence-corrected chi connectivity index (χ3v) is 4.86. The van der Waals surface area contributed by atoms with Crippen LogP contribution in [0, 0.1) is 13.8 Å². The molecular weight excluding hydrogens is 380 g/mol. The maximum Gasteiger partial charge on any atom is 0.283 e. The fourth-order valence-electron chi connectivity index (χ4n) is 2.44.